The van der Waals surface area contributed by atoms with Crippen LogP contribution in [0.3, 0.4) is 0 Å². The van der Waals surface area contributed by atoms with Crippen molar-refractivity contribution in [1.29, 1.82) is 0 Å². The van der Waals surface area contributed by atoms with Crippen molar-refractivity contribution in [2.45, 2.75) is 27.2 Å². The summed E-state index contributed by atoms with van der Waals surface area (Å²) in [7, 11) is 0. The SMILES string of the molecule is Cc1cnn2c(Cl)c([N+](=O)[O-])c(CC(C)C)nc12. The fourth-order valence-corrected chi connectivity index (χ4v) is 2.11. The van der Waals surface area contributed by atoms with E-state index < -0.39 is 4.92 Å². The lowest BCUT2D eigenvalue weighted by atomic mass is 10.1. The number of halogens is 1. The van der Waals surface area contributed by atoms with Crippen molar-refractivity contribution in [3.8, 4) is 0 Å². The molecule has 0 bridgehead atoms. The van der Waals surface area contributed by atoms with E-state index >= 15 is 0 Å². The Bertz CT molecular complexity index is 621. The fraction of sp³-hybridized carbons (Fsp3) is 0.455. The molecule has 0 aliphatic carbocycles. The normalized spacial score (nSPS) is 11.4. The first-order valence-electron chi connectivity index (χ1n) is 5.59. The summed E-state index contributed by atoms with van der Waals surface area (Å²) >= 11 is 6.06. The van der Waals surface area contributed by atoms with E-state index in [1.807, 2.05) is 20.8 Å². The Morgan fingerprint density at radius 2 is 2.22 bits per heavy atom. The minimum absolute atomic E-state index is 0.00810. The Hall–Kier alpha value is -1.69. The van der Waals surface area contributed by atoms with Crippen molar-refractivity contribution < 1.29 is 4.92 Å². The molecular weight excluding hydrogens is 256 g/mol. The maximum atomic E-state index is 11.1. The summed E-state index contributed by atoms with van der Waals surface area (Å²) in [5.74, 6) is 0.262. The summed E-state index contributed by atoms with van der Waals surface area (Å²) in [5, 5.41) is 15.1. The Morgan fingerprint density at radius 3 is 2.78 bits per heavy atom. The molecule has 0 saturated heterocycles. The number of hydrogen-bond acceptors (Lipinski definition) is 4. The molecule has 96 valence electrons. The molecule has 2 aromatic rings. The second kappa shape index (κ2) is 4.53. The third kappa shape index (κ3) is 2.03. The molecule has 0 aliphatic heterocycles. The summed E-state index contributed by atoms with van der Waals surface area (Å²) in [6, 6.07) is 0. The fourth-order valence-electron chi connectivity index (χ4n) is 1.81. The molecule has 0 amide bonds. The predicted molar refractivity (Wildman–Crippen MR) is 67.9 cm³/mol. The van der Waals surface area contributed by atoms with Crippen LogP contribution in [0.4, 0.5) is 5.69 Å². The van der Waals surface area contributed by atoms with Gasteiger partial charge in [-0.2, -0.15) is 9.61 Å². The molecule has 0 saturated carbocycles. The Balaban J connectivity index is 2.76. The van der Waals surface area contributed by atoms with Gasteiger partial charge >= 0.3 is 5.69 Å². The van der Waals surface area contributed by atoms with Gasteiger partial charge in [-0.05, 0) is 19.3 Å². The number of nitro groups is 1. The maximum Gasteiger partial charge on any atom is 0.327 e. The molecule has 0 aromatic carbocycles. The summed E-state index contributed by atoms with van der Waals surface area (Å²) in [6.45, 7) is 5.80. The van der Waals surface area contributed by atoms with Crippen molar-refractivity contribution in [2.75, 3.05) is 0 Å². The number of aryl methyl sites for hydroxylation is 1. The van der Waals surface area contributed by atoms with Crippen LogP contribution >= 0.6 is 11.6 Å². The van der Waals surface area contributed by atoms with Crippen LogP contribution in [-0.4, -0.2) is 19.5 Å². The first kappa shape index (κ1) is 12.8. The molecule has 6 nitrogen and oxygen atoms in total. The van der Waals surface area contributed by atoms with E-state index in [0.29, 0.717) is 17.8 Å². The Kier molecular flexibility index (Phi) is 3.21. The summed E-state index contributed by atoms with van der Waals surface area (Å²) in [6.07, 6.45) is 2.11. The van der Waals surface area contributed by atoms with Crippen LogP contribution in [0.25, 0.3) is 5.65 Å². The largest absolute Gasteiger partial charge is 0.327 e. The van der Waals surface area contributed by atoms with Gasteiger partial charge in [0.25, 0.3) is 0 Å². The van der Waals surface area contributed by atoms with Gasteiger partial charge in [0.05, 0.1) is 11.1 Å². The van der Waals surface area contributed by atoms with E-state index in [0.717, 1.165) is 5.56 Å². The van der Waals surface area contributed by atoms with Crippen LogP contribution in [0.2, 0.25) is 5.15 Å². The zero-order valence-corrected chi connectivity index (χ0v) is 11.1. The van der Waals surface area contributed by atoms with Gasteiger partial charge in [-0.15, -0.1) is 0 Å². The van der Waals surface area contributed by atoms with Gasteiger partial charge in [0.1, 0.15) is 5.69 Å². The van der Waals surface area contributed by atoms with Gasteiger partial charge in [0, 0.05) is 5.56 Å². The molecule has 0 atom stereocenters. The van der Waals surface area contributed by atoms with E-state index in [-0.39, 0.29) is 16.8 Å². The van der Waals surface area contributed by atoms with Crippen molar-refractivity contribution in [1.82, 2.24) is 14.6 Å². The molecule has 0 radical (unpaired) electrons. The van der Waals surface area contributed by atoms with E-state index in [4.69, 9.17) is 11.6 Å². The third-order valence-electron chi connectivity index (χ3n) is 2.60. The Labute approximate surface area is 109 Å². The topological polar surface area (TPSA) is 73.3 Å². The standard InChI is InChI=1S/C11H13ClN4O2/c1-6(2)4-8-9(16(17)18)10(12)15-11(14-8)7(3)5-13-15/h5-6H,4H2,1-3H3. The summed E-state index contributed by atoms with van der Waals surface area (Å²) in [4.78, 5) is 14.9. The predicted octanol–water partition coefficient (Wildman–Crippen LogP) is 2.80. The molecule has 0 N–H and O–H groups in total. The first-order chi connectivity index (χ1) is 8.41. The van der Waals surface area contributed by atoms with Crippen LogP contribution < -0.4 is 0 Å². The van der Waals surface area contributed by atoms with Crippen LogP contribution in [0.15, 0.2) is 6.20 Å². The molecule has 7 heteroatoms. The van der Waals surface area contributed by atoms with Crippen molar-refractivity contribution in [2.24, 2.45) is 5.92 Å². The number of rotatable bonds is 3. The van der Waals surface area contributed by atoms with Gasteiger partial charge in [-0.3, -0.25) is 10.1 Å². The second-order valence-corrected chi connectivity index (χ2v) is 4.97. The minimum atomic E-state index is -0.497. The van der Waals surface area contributed by atoms with Gasteiger partial charge in [-0.25, -0.2) is 4.98 Å². The first-order valence-corrected chi connectivity index (χ1v) is 5.96. The molecule has 0 fully saturated rings. The summed E-state index contributed by atoms with van der Waals surface area (Å²) < 4.78 is 1.30. The molecule has 0 aliphatic rings. The lowest BCUT2D eigenvalue weighted by molar-refractivity contribution is -0.386. The lowest BCUT2D eigenvalue weighted by Gasteiger charge is -2.07. The van der Waals surface area contributed by atoms with Crippen LogP contribution in [-0.2, 0) is 6.42 Å². The highest BCUT2D eigenvalue weighted by molar-refractivity contribution is 6.31. The smallest absolute Gasteiger partial charge is 0.258 e. The lowest BCUT2D eigenvalue weighted by Crippen LogP contribution is -2.07. The monoisotopic (exact) mass is 268 g/mol. The quantitative estimate of drug-likeness (QED) is 0.487. The third-order valence-corrected chi connectivity index (χ3v) is 2.94. The molecule has 0 spiro atoms. The van der Waals surface area contributed by atoms with Crippen molar-refractivity contribution in [3.63, 3.8) is 0 Å². The average molecular weight is 269 g/mol. The number of nitrogens with zero attached hydrogens (tertiary/aromatic N) is 4. The molecular formula is C11H13ClN4O2. The van der Waals surface area contributed by atoms with E-state index in [9.17, 15) is 10.1 Å². The number of aromatic nitrogens is 3. The van der Waals surface area contributed by atoms with E-state index in [2.05, 4.69) is 10.1 Å². The zero-order chi connectivity index (χ0) is 13.4. The molecule has 2 aromatic heterocycles. The molecule has 0 unspecified atom stereocenters. The van der Waals surface area contributed by atoms with E-state index in [1.54, 1.807) is 6.20 Å². The molecule has 2 heterocycles. The number of fused-ring (bicyclic) bond motifs is 1. The van der Waals surface area contributed by atoms with Crippen LogP contribution in [0, 0.1) is 23.0 Å². The summed E-state index contributed by atoms with van der Waals surface area (Å²) in [5.41, 5.74) is 1.68. The number of hydrogen-bond donors (Lipinski definition) is 0. The van der Waals surface area contributed by atoms with Gasteiger partial charge < -0.3 is 0 Å². The minimum Gasteiger partial charge on any atom is -0.258 e. The Morgan fingerprint density at radius 1 is 1.56 bits per heavy atom. The van der Waals surface area contributed by atoms with Crippen LogP contribution in [0.5, 0.6) is 0 Å². The second-order valence-electron chi connectivity index (χ2n) is 4.62. The van der Waals surface area contributed by atoms with Gasteiger partial charge in [0.2, 0.25) is 5.15 Å². The maximum absolute atomic E-state index is 11.1. The highest BCUT2D eigenvalue weighted by Gasteiger charge is 2.25. The van der Waals surface area contributed by atoms with Gasteiger partial charge in [0.15, 0.2) is 5.65 Å². The molecule has 18 heavy (non-hydrogen) atoms. The molecule has 2 rings (SSSR count). The average Bonchev–Trinajstić information content (AvgIpc) is 2.59. The van der Waals surface area contributed by atoms with E-state index in [1.165, 1.54) is 4.52 Å². The highest BCUT2D eigenvalue weighted by atomic mass is 35.5. The van der Waals surface area contributed by atoms with Crippen molar-refractivity contribution >= 4 is 22.9 Å². The van der Waals surface area contributed by atoms with Gasteiger partial charge in [-0.1, -0.05) is 25.4 Å². The van der Waals surface area contributed by atoms with Crippen molar-refractivity contribution in [3.05, 3.63) is 32.7 Å². The zero-order valence-electron chi connectivity index (χ0n) is 10.3. The highest BCUT2D eigenvalue weighted by Crippen LogP contribution is 2.30. The van der Waals surface area contributed by atoms with Crippen LogP contribution in [0.1, 0.15) is 25.1 Å².